The first-order chi connectivity index (χ1) is 9.10. The van der Waals surface area contributed by atoms with Crippen molar-refractivity contribution >= 4 is 33.8 Å². The number of halogens is 2. The van der Waals surface area contributed by atoms with Crippen LogP contribution in [0.15, 0.2) is 46.9 Å². The van der Waals surface area contributed by atoms with Crippen LogP contribution >= 0.6 is 15.9 Å². The summed E-state index contributed by atoms with van der Waals surface area (Å²) in [4.78, 5) is 22.6. The molecule has 0 saturated carbocycles. The maximum atomic E-state index is 13.1. The third kappa shape index (κ3) is 3.26. The standard InChI is InChI=1S/C14H9BrFNO2/c15-12-7-10(4-5-13(12)16)14(19)17-11-3-1-2-9(6-11)8-18/h1-8H,(H,17,19). The first-order valence-electron chi connectivity index (χ1n) is 5.42. The predicted octanol–water partition coefficient (Wildman–Crippen LogP) is 3.65. The quantitative estimate of drug-likeness (QED) is 0.877. The molecule has 0 aliphatic heterocycles. The number of benzene rings is 2. The number of aldehydes is 1. The van der Waals surface area contributed by atoms with E-state index >= 15 is 0 Å². The first-order valence-corrected chi connectivity index (χ1v) is 6.21. The molecule has 0 fully saturated rings. The fourth-order valence-electron chi connectivity index (χ4n) is 1.53. The van der Waals surface area contributed by atoms with Crippen LogP contribution in [0.3, 0.4) is 0 Å². The van der Waals surface area contributed by atoms with E-state index in [1.54, 1.807) is 24.3 Å². The van der Waals surface area contributed by atoms with Crippen LogP contribution in [0.1, 0.15) is 20.7 Å². The maximum Gasteiger partial charge on any atom is 0.255 e. The lowest BCUT2D eigenvalue weighted by atomic mass is 10.2. The van der Waals surface area contributed by atoms with E-state index in [9.17, 15) is 14.0 Å². The molecule has 19 heavy (non-hydrogen) atoms. The van der Waals surface area contributed by atoms with Crippen molar-refractivity contribution in [2.75, 3.05) is 5.32 Å². The Bertz CT molecular complexity index is 643. The van der Waals surface area contributed by atoms with Crippen molar-refractivity contribution in [2.24, 2.45) is 0 Å². The largest absolute Gasteiger partial charge is 0.322 e. The second-order valence-electron chi connectivity index (χ2n) is 3.83. The molecule has 2 rings (SSSR count). The highest BCUT2D eigenvalue weighted by atomic mass is 79.9. The highest BCUT2D eigenvalue weighted by Crippen LogP contribution is 2.18. The molecule has 0 saturated heterocycles. The minimum Gasteiger partial charge on any atom is -0.322 e. The molecule has 0 aliphatic rings. The van der Waals surface area contributed by atoms with E-state index in [1.165, 1.54) is 18.2 Å². The maximum absolute atomic E-state index is 13.1. The van der Waals surface area contributed by atoms with Crippen LogP contribution < -0.4 is 5.32 Å². The van der Waals surface area contributed by atoms with Crippen LogP contribution in [0, 0.1) is 5.82 Å². The van der Waals surface area contributed by atoms with E-state index in [4.69, 9.17) is 0 Å². The Labute approximate surface area is 117 Å². The highest BCUT2D eigenvalue weighted by molar-refractivity contribution is 9.10. The number of anilines is 1. The Hall–Kier alpha value is -2.01. The predicted molar refractivity (Wildman–Crippen MR) is 73.9 cm³/mol. The molecule has 3 nitrogen and oxygen atoms in total. The number of carbonyl (C=O) groups is 2. The zero-order valence-corrected chi connectivity index (χ0v) is 11.3. The molecule has 0 atom stereocenters. The van der Waals surface area contributed by atoms with Gasteiger partial charge in [-0.15, -0.1) is 0 Å². The van der Waals surface area contributed by atoms with Gasteiger partial charge in [0, 0.05) is 16.8 Å². The van der Waals surface area contributed by atoms with Crippen molar-refractivity contribution in [3.05, 3.63) is 63.9 Å². The summed E-state index contributed by atoms with van der Waals surface area (Å²) in [5.41, 5.74) is 1.30. The SMILES string of the molecule is O=Cc1cccc(NC(=O)c2ccc(F)c(Br)c2)c1. The average Bonchev–Trinajstić information content (AvgIpc) is 2.42. The van der Waals surface area contributed by atoms with Crippen molar-refractivity contribution in [2.45, 2.75) is 0 Å². The van der Waals surface area contributed by atoms with Gasteiger partial charge in [0.2, 0.25) is 0 Å². The third-order valence-electron chi connectivity index (χ3n) is 2.46. The molecule has 1 N–H and O–H groups in total. The fourth-order valence-corrected chi connectivity index (χ4v) is 1.91. The van der Waals surface area contributed by atoms with Crippen LogP contribution in [0.25, 0.3) is 0 Å². The van der Waals surface area contributed by atoms with Gasteiger partial charge in [0.05, 0.1) is 4.47 Å². The Morgan fingerprint density at radius 2 is 2.00 bits per heavy atom. The fraction of sp³-hybridized carbons (Fsp3) is 0. The smallest absolute Gasteiger partial charge is 0.255 e. The Morgan fingerprint density at radius 3 is 2.68 bits per heavy atom. The summed E-state index contributed by atoms with van der Waals surface area (Å²) in [5, 5.41) is 2.64. The number of hydrogen-bond acceptors (Lipinski definition) is 2. The summed E-state index contributed by atoms with van der Waals surface area (Å²) >= 11 is 3.02. The first kappa shape index (κ1) is 13.4. The minimum absolute atomic E-state index is 0.224. The van der Waals surface area contributed by atoms with Crippen LogP contribution in [0.4, 0.5) is 10.1 Å². The van der Waals surface area contributed by atoms with Gasteiger partial charge in [-0.05, 0) is 46.3 Å². The summed E-state index contributed by atoms with van der Waals surface area (Å²) in [5.74, 6) is -0.803. The third-order valence-corrected chi connectivity index (χ3v) is 3.07. The molecule has 2 aromatic rings. The molecule has 0 aliphatic carbocycles. The average molecular weight is 322 g/mol. The molecule has 0 heterocycles. The van der Waals surface area contributed by atoms with Crippen LogP contribution in [0.2, 0.25) is 0 Å². The number of nitrogens with one attached hydrogen (secondary N) is 1. The van der Waals surface area contributed by atoms with Crippen molar-refractivity contribution in [1.82, 2.24) is 0 Å². The second kappa shape index (κ2) is 5.75. The van der Waals surface area contributed by atoms with E-state index in [-0.39, 0.29) is 10.4 Å². The number of amides is 1. The Kier molecular flexibility index (Phi) is 4.06. The van der Waals surface area contributed by atoms with E-state index in [0.717, 1.165) is 0 Å². The van der Waals surface area contributed by atoms with E-state index in [2.05, 4.69) is 21.2 Å². The summed E-state index contributed by atoms with van der Waals surface area (Å²) in [6.07, 6.45) is 0.699. The van der Waals surface area contributed by atoms with Gasteiger partial charge in [0.1, 0.15) is 12.1 Å². The summed E-state index contributed by atoms with van der Waals surface area (Å²) < 4.78 is 13.3. The molecular weight excluding hydrogens is 313 g/mol. The van der Waals surface area contributed by atoms with Crippen LogP contribution in [-0.2, 0) is 0 Å². The molecule has 5 heteroatoms. The zero-order chi connectivity index (χ0) is 13.8. The van der Waals surface area contributed by atoms with Gasteiger partial charge in [-0.3, -0.25) is 9.59 Å². The van der Waals surface area contributed by atoms with E-state index in [0.29, 0.717) is 23.1 Å². The summed E-state index contributed by atoms with van der Waals surface area (Å²) in [7, 11) is 0. The molecular formula is C14H9BrFNO2. The highest BCUT2D eigenvalue weighted by Gasteiger charge is 2.09. The summed E-state index contributed by atoms with van der Waals surface area (Å²) in [6.45, 7) is 0. The molecule has 0 bridgehead atoms. The molecule has 0 unspecified atom stereocenters. The van der Waals surface area contributed by atoms with Gasteiger partial charge in [-0.25, -0.2) is 4.39 Å². The normalized spacial score (nSPS) is 10.0. The van der Waals surface area contributed by atoms with Crippen LogP contribution in [0.5, 0.6) is 0 Å². The van der Waals surface area contributed by atoms with E-state index in [1.807, 2.05) is 0 Å². The van der Waals surface area contributed by atoms with Gasteiger partial charge in [-0.2, -0.15) is 0 Å². The number of hydrogen-bond donors (Lipinski definition) is 1. The molecule has 96 valence electrons. The van der Waals surface area contributed by atoms with E-state index < -0.39 is 5.82 Å². The van der Waals surface area contributed by atoms with Crippen molar-refractivity contribution in [3.63, 3.8) is 0 Å². The minimum atomic E-state index is -0.431. The Balaban J connectivity index is 2.20. The molecule has 2 aromatic carbocycles. The lowest BCUT2D eigenvalue weighted by Gasteiger charge is -2.06. The van der Waals surface area contributed by atoms with Crippen molar-refractivity contribution < 1.29 is 14.0 Å². The molecule has 1 amide bonds. The zero-order valence-electron chi connectivity index (χ0n) is 9.69. The Morgan fingerprint density at radius 1 is 1.21 bits per heavy atom. The summed E-state index contributed by atoms with van der Waals surface area (Å²) in [6, 6.07) is 10.5. The molecule has 0 spiro atoms. The second-order valence-corrected chi connectivity index (χ2v) is 4.68. The lowest BCUT2D eigenvalue weighted by Crippen LogP contribution is -2.12. The van der Waals surface area contributed by atoms with Gasteiger partial charge in [0.15, 0.2) is 0 Å². The number of rotatable bonds is 3. The van der Waals surface area contributed by atoms with Crippen molar-refractivity contribution in [3.8, 4) is 0 Å². The van der Waals surface area contributed by atoms with Crippen molar-refractivity contribution in [1.29, 1.82) is 0 Å². The van der Waals surface area contributed by atoms with Gasteiger partial charge in [0.25, 0.3) is 5.91 Å². The van der Waals surface area contributed by atoms with Gasteiger partial charge < -0.3 is 5.32 Å². The lowest BCUT2D eigenvalue weighted by molar-refractivity contribution is 0.102. The van der Waals surface area contributed by atoms with Crippen LogP contribution in [-0.4, -0.2) is 12.2 Å². The molecule has 0 radical (unpaired) electrons. The van der Waals surface area contributed by atoms with Gasteiger partial charge in [-0.1, -0.05) is 12.1 Å². The monoisotopic (exact) mass is 321 g/mol. The van der Waals surface area contributed by atoms with Gasteiger partial charge >= 0.3 is 0 Å². The topological polar surface area (TPSA) is 46.2 Å². The number of carbonyl (C=O) groups excluding carboxylic acids is 2. The molecule has 0 aromatic heterocycles.